The van der Waals surface area contributed by atoms with Crippen molar-refractivity contribution >= 4 is 15.9 Å². The molecule has 2 aliphatic rings. The predicted molar refractivity (Wildman–Crippen MR) is 114 cm³/mol. The smallest absolute Gasteiger partial charge is 0.243 e. The van der Waals surface area contributed by atoms with Gasteiger partial charge in [0, 0.05) is 45.3 Å². The van der Waals surface area contributed by atoms with E-state index in [-0.39, 0.29) is 12.5 Å². The highest BCUT2D eigenvalue weighted by Crippen LogP contribution is 2.21. The summed E-state index contributed by atoms with van der Waals surface area (Å²) < 4.78 is 28.3. The molecule has 1 amide bonds. The summed E-state index contributed by atoms with van der Waals surface area (Å²) in [5.74, 6) is -0.115. The van der Waals surface area contributed by atoms with Crippen LogP contribution in [-0.2, 0) is 14.8 Å². The van der Waals surface area contributed by atoms with Crippen LogP contribution >= 0.6 is 0 Å². The van der Waals surface area contributed by atoms with Crippen molar-refractivity contribution in [1.29, 1.82) is 0 Å². The molecule has 0 spiro atoms. The highest BCUT2D eigenvalue weighted by molar-refractivity contribution is 7.89. The minimum atomic E-state index is -3.74. The second-order valence-electron chi connectivity index (χ2n) is 8.12. The summed E-state index contributed by atoms with van der Waals surface area (Å²) in [5, 5.41) is 3.23. The summed E-state index contributed by atoms with van der Waals surface area (Å²) in [4.78, 5) is 17.3. The zero-order valence-electron chi connectivity index (χ0n) is 17.6. The van der Waals surface area contributed by atoms with Crippen LogP contribution in [-0.4, -0.2) is 86.8 Å². The van der Waals surface area contributed by atoms with Gasteiger partial charge in [0.2, 0.25) is 15.9 Å². The van der Waals surface area contributed by atoms with Crippen LogP contribution in [0.3, 0.4) is 0 Å². The first-order chi connectivity index (χ1) is 13.9. The minimum absolute atomic E-state index is 0.0983. The SMILES string of the molecule is Cc1ccccc1S(=O)(=O)N(CCN1CCCCC1C)CC(=O)N1CCNCC1. The van der Waals surface area contributed by atoms with Crippen molar-refractivity contribution in [3.63, 3.8) is 0 Å². The van der Waals surface area contributed by atoms with Crippen LogP contribution in [0.1, 0.15) is 31.7 Å². The third kappa shape index (κ3) is 5.57. The van der Waals surface area contributed by atoms with Gasteiger partial charge in [0.1, 0.15) is 0 Å². The van der Waals surface area contributed by atoms with Crippen LogP contribution < -0.4 is 5.32 Å². The fourth-order valence-electron chi connectivity index (χ4n) is 4.16. The Bertz CT molecular complexity index is 793. The number of piperazine rings is 1. The molecule has 1 atom stereocenters. The number of rotatable bonds is 7. The fourth-order valence-corrected chi connectivity index (χ4v) is 5.77. The normalized spacial score (nSPS) is 21.5. The Labute approximate surface area is 175 Å². The van der Waals surface area contributed by atoms with Gasteiger partial charge in [0.25, 0.3) is 0 Å². The zero-order chi connectivity index (χ0) is 20.9. The van der Waals surface area contributed by atoms with Gasteiger partial charge in [-0.2, -0.15) is 4.31 Å². The lowest BCUT2D eigenvalue weighted by atomic mass is 10.0. The van der Waals surface area contributed by atoms with Crippen molar-refractivity contribution in [2.45, 2.75) is 44.0 Å². The average Bonchev–Trinajstić information content (AvgIpc) is 2.72. The summed E-state index contributed by atoms with van der Waals surface area (Å²) in [7, 11) is -3.74. The highest BCUT2D eigenvalue weighted by atomic mass is 32.2. The molecule has 0 saturated carbocycles. The molecule has 7 nitrogen and oxygen atoms in total. The molecule has 0 aliphatic carbocycles. The lowest BCUT2D eigenvalue weighted by Crippen LogP contribution is -2.51. The summed E-state index contributed by atoms with van der Waals surface area (Å²) in [6.07, 6.45) is 3.52. The van der Waals surface area contributed by atoms with E-state index < -0.39 is 10.0 Å². The average molecular weight is 423 g/mol. The molecule has 2 fully saturated rings. The molecule has 0 bridgehead atoms. The Morgan fingerprint density at radius 3 is 2.59 bits per heavy atom. The van der Waals surface area contributed by atoms with Crippen molar-refractivity contribution in [3.05, 3.63) is 29.8 Å². The summed E-state index contributed by atoms with van der Waals surface area (Å²) in [6.45, 7) is 8.63. The largest absolute Gasteiger partial charge is 0.339 e. The molecule has 1 unspecified atom stereocenters. The molecule has 0 aromatic heterocycles. The van der Waals surface area contributed by atoms with Gasteiger partial charge in [0.15, 0.2) is 0 Å². The molecule has 1 N–H and O–H groups in total. The van der Waals surface area contributed by atoms with Crippen LogP contribution in [0, 0.1) is 6.92 Å². The molecule has 2 aliphatic heterocycles. The molecule has 8 heteroatoms. The van der Waals surface area contributed by atoms with E-state index in [1.165, 1.54) is 10.7 Å². The van der Waals surface area contributed by atoms with E-state index in [2.05, 4.69) is 17.1 Å². The zero-order valence-corrected chi connectivity index (χ0v) is 18.5. The molecule has 1 aromatic rings. The number of nitrogens with zero attached hydrogens (tertiary/aromatic N) is 3. The van der Waals surface area contributed by atoms with Crippen LogP contribution in [0.5, 0.6) is 0 Å². The standard InChI is InChI=1S/C21H34N4O3S/c1-18-7-3-4-9-20(18)29(27,28)25(16-15-23-12-6-5-8-19(23)2)17-21(26)24-13-10-22-11-14-24/h3-4,7,9,19,22H,5-6,8,10-17H2,1-2H3. The second kappa shape index (κ2) is 10.0. The van der Waals surface area contributed by atoms with Crippen LogP contribution in [0.2, 0.25) is 0 Å². The third-order valence-electron chi connectivity index (χ3n) is 6.07. The van der Waals surface area contributed by atoms with Crippen molar-refractivity contribution in [2.24, 2.45) is 0 Å². The Morgan fingerprint density at radius 2 is 1.90 bits per heavy atom. The lowest BCUT2D eigenvalue weighted by molar-refractivity contribution is -0.132. The summed E-state index contributed by atoms with van der Waals surface area (Å²) in [5.41, 5.74) is 0.707. The van der Waals surface area contributed by atoms with Gasteiger partial charge in [-0.25, -0.2) is 8.42 Å². The third-order valence-corrected chi connectivity index (χ3v) is 8.08. The molecule has 2 heterocycles. The van der Waals surface area contributed by atoms with Crippen LogP contribution in [0.25, 0.3) is 0 Å². The van der Waals surface area contributed by atoms with Crippen molar-refractivity contribution in [1.82, 2.24) is 19.4 Å². The lowest BCUT2D eigenvalue weighted by Gasteiger charge is -2.35. The number of hydrogen-bond acceptors (Lipinski definition) is 5. The van der Waals surface area contributed by atoms with Gasteiger partial charge >= 0.3 is 0 Å². The minimum Gasteiger partial charge on any atom is -0.339 e. The van der Waals surface area contributed by atoms with E-state index in [0.717, 1.165) is 32.5 Å². The molecule has 1 aromatic carbocycles. The van der Waals surface area contributed by atoms with Gasteiger partial charge in [-0.05, 0) is 44.9 Å². The number of hydrogen-bond donors (Lipinski definition) is 1. The number of piperidine rings is 1. The Kier molecular flexibility index (Phi) is 7.67. The number of aryl methyl sites for hydroxylation is 1. The van der Waals surface area contributed by atoms with Crippen molar-refractivity contribution in [3.8, 4) is 0 Å². The van der Waals surface area contributed by atoms with E-state index in [1.807, 2.05) is 6.07 Å². The van der Waals surface area contributed by atoms with Gasteiger partial charge < -0.3 is 10.2 Å². The number of carbonyl (C=O) groups is 1. The number of sulfonamides is 1. The predicted octanol–water partition coefficient (Wildman–Crippen LogP) is 1.29. The van der Waals surface area contributed by atoms with E-state index in [4.69, 9.17) is 0 Å². The van der Waals surface area contributed by atoms with Gasteiger partial charge in [-0.3, -0.25) is 9.69 Å². The molecule has 3 rings (SSSR count). The summed E-state index contributed by atoms with van der Waals surface area (Å²) in [6, 6.07) is 7.46. The molecular formula is C21H34N4O3S. The molecular weight excluding hydrogens is 388 g/mol. The maximum atomic E-state index is 13.5. The van der Waals surface area contributed by atoms with Gasteiger partial charge in [-0.1, -0.05) is 24.6 Å². The van der Waals surface area contributed by atoms with E-state index in [0.29, 0.717) is 42.7 Å². The maximum absolute atomic E-state index is 13.5. The maximum Gasteiger partial charge on any atom is 0.243 e. The number of carbonyl (C=O) groups excluding carboxylic acids is 1. The topological polar surface area (TPSA) is 73.0 Å². The number of nitrogens with one attached hydrogen (secondary N) is 1. The van der Waals surface area contributed by atoms with Gasteiger partial charge in [0.05, 0.1) is 11.4 Å². The molecule has 2 saturated heterocycles. The molecule has 0 radical (unpaired) electrons. The number of amides is 1. The van der Waals surface area contributed by atoms with E-state index in [1.54, 1.807) is 30.0 Å². The number of benzene rings is 1. The fraction of sp³-hybridized carbons (Fsp3) is 0.667. The Balaban J connectivity index is 1.78. The van der Waals surface area contributed by atoms with E-state index >= 15 is 0 Å². The molecule has 162 valence electrons. The Hall–Kier alpha value is -1.48. The first kappa shape index (κ1) is 22.2. The van der Waals surface area contributed by atoms with Crippen molar-refractivity contribution < 1.29 is 13.2 Å². The Morgan fingerprint density at radius 1 is 1.17 bits per heavy atom. The monoisotopic (exact) mass is 422 g/mol. The number of likely N-dealkylation sites (tertiary alicyclic amines) is 1. The second-order valence-corrected chi connectivity index (χ2v) is 10.0. The summed E-state index contributed by atoms with van der Waals surface area (Å²) >= 11 is 0. The van der Waals surface area contributed by atoms with Crippen LogP contribution in [0.15, 0.2) is 29.2 Å². The molecule has 29 heavy (non-hydrogen) atoms. The first-order valence-corrected chi connectivity index (χ1v) is 12.1. The van der Waals surface area contributed by atoms with Crippen molar-refractivity contribution in [2.75, 3.05) is 52.4 Å². The first-order valence-electron chi connectivity index (χ1n) is 10.7. The van der Waals surface area contributed by atoms with E-state index in [9.17, 15) is 13.2 Å². The highest BCUT2D eigenvalue weighted by Gasteiger charge is 2.31. The van der Waals surface area contributed by atoms with Gasteiger partial charge in [-0.15, -0.1) is 0 Å². The quantitative estimate of drug-likeness (QED) is 0.717. The van der Waals surface area contributed by atoms with Crippen LogP contribution in [0.4, 0.5) is 0 Å².